The van der Waals surface area contributed by atoms with Gasteiger partial charge in [0, 0.05) is 23.7 Å². The molecule has 2 aromatic rings. The summed E-state index contributed by atoms with van der Waals surface area (Å²) in [5.41, 5.74) is 3.22. The average molecular weight is 395 g/mol. The monoisotopic (exact) mass is 394 g/mol. The highest BCUT2D eigenvalue weighted by Gasteiger charge is 2.17. The molecule has 0 bridgehead atoms. The summed E-state index contributed by atoms with van der Waals surface area (Å²) in [5, 5.41) is 3.37. The van der Waals surface area contributed by atoms with Gasteiger partial charge in [-0.3, -0.25) is 9.10 Å². The summed E-state index contributed by atoms with van der Waals surface area (Å²) in [6.45, 7) is 4.07. The van der Waals surface area contributed by atoms with Gasteiger partial charge < -0.3 is 5.32 Å². The van der Waals surface area contributed by atoms with Crippen LogP contribution in [-0.2, 0) is 14.8 Å². The van der Waals surface area contributed by atoms with Crippen molar-refractivity contribution in [1.29, 1.82) is 0 Å². The van der Waals surface area contributed by atoms with E-state index in [2.05, 4.69) is 5.32 Å². The lowest BCUT2D eigenvalue weighted by molar-refractivity contribution is -0.116. The molecule has 0 fully saturated rings. The molecule has 0 aromatic heterocycles. The van der Waals surface area contributed by atoms with E-state index in [1.807, 2.05) is 32.0 Å². The van der Waals surface area contributed by atoms with Gasteiger partial charge in [0.25, 0.3) is 0 Å². The molecular formula is C19H23ClN2O3S. The molecule has 0 heterocycles. The van der Waals surface area contributed by atoms with Crippen LogP contribution in [0.5, 0.6) is 0 Å². The number of amides is 1. The Kier molecular flexibility index (Phi) is 6.67. The van der Waals surface area contributed by atoms with Gasteiger partial charge in [-0.15, -0.1) is 0 Å². The number of carbonyl (C=O) groups excluding carboxylic acids is 1. The summed E-state index contributed by atoms with van der Waals surface area (Å²) in [7, 11) is -3.41. The molecule has 2 rings (SSSR count). The van der Waals surface area contributed by atoms with Crippen LogP contribution in [0.15, 0.2) is 42.5 Å². The molecule has 0 spiro atoms. The third-order valence-corrected chi connectivity index (χ3v) is 5.54. The minimum Gasteiger partial charge on any atom is -0.326 e. The van der Waals surface area contributed by atoms with Crippen molar-refractivity contribution in [2.24, 2.45) is 0 Å². The Hall–Kier alpha value is -2.05. The molecule has 0 saturated carbocycles. The molecule has 0 aliphatic rings. The first-order valence-electron chi connectivity index (χ1n) is 8.27. The molecule has 0 aliphatic heterocycles. The summed E-state index contributed by atoms with van der Waals surface area (Å²) in [5.74, 6) is -0.178. The number of hydrogen-bond acceptors (Lipinski definition) is 3. The zero-order chi connectivity index (χ0) is 19.3. The summed E-state index contributed by atoms with van der Waals surface area (Å²) in [4.78, 5) is 12.1. The molecular weight excluding hydrogens is 372 g/mol. The quantitative estimate of drug-likeness (QED) is 0.767. The lowest BCUT2D eigenvalue weighted by Crippen LogP contribution is -2.31. The minimum absolute atomic E-state index is 0.178. The van der Waals surface area contributed by atoms with Gasteiger partial charge in [0.05, 0.1) is 11.9 Å². The number of nitrogens with one attached hydrogen (secondary N) is 1. The van der Waals surface area contributed by atoms with E-state index in [-0.39, 0.29) is 18.9 Å². The molecule has 2 aromatic carbocycles. The largest absolute Gasteiger partial charge is 0.326 e. The van der Waals surface area contributed by atoms with Crippen molar-refractivity contribution in [3.05, 3.63) is 58.6 Å². The van der Waals surface area contributed by atoms with Gasteiger partial charge in [0.1, 0.15) is 0 Å². The first-order valence-corrected chi connectivity index (χ1v) is 10.5. The van der Waals surface area contributed by atoms with Crippen LogP contribution in [0.25, 0.3) is 0 Å². The van der Waals surface area contributed by atoms with Crippen molar-refractivity contribution >= 4 is 38.9 Å². The van der Waals surface area contributed by atoms with E-state index in [0.29, 0.717) is 22.8 Å². The van der Waals surface area contributed by atoms with Crippen molar-refractivity contribution < 1.29 is 13.2 Å². The normalized spacial score (nSPS) is 11.2. The number of nitrogens with zero attached hydrogens (tertiary/aromatic N) is 1. The van der Waals surface area contributed by atoms with E-state index < -0.39 is 10.0 Å². The van der Waals surface area contributed by atoms with E-state index in [4.69, 9.17) is 11.6 Å². The van der Waals surface area contributed by atoms with E-state index >= 15 is 0 Å². The number of anilines is 2. The number of aryl methyl sites for hydroxylation is 2. The van der Waals surface area contributed by atoms with E-state index in [9.17, 15) is 13.2 Å². The molecule has 0 aliphatic carbocycles. The second-order valence-corrected chi connectivity index (χ2v) is 8.60. The second-order valence-electron chi connectivity index (χ2n) is 6.29. The van der Waals surface area contributed by atoms with Crippen molar-refractivity contribution in [2.75, 3.05) is 22.4 Å². The molecule has 0 radical (unpaired) electrons. The lowest BCUT2D eigenvalue weighted by atomic mass is 10.2. The second kappa shape index (κ2) is 8.56. The van der Waals surface area contributed by atoms with Crippen LogP contribution >= 0.6 is 11.6 Å². The topological polar surface area (TPSA) is 66.5 Å². The first kappa shape index (κ1) is 20.3. The van der Waals surface area contributed by atoms with Crippen LogP contribution in [0.4, 0.5) is 11.4 Å². The molecule has 0 saturated heterocycles. The number of rotatable bonds is 7. The van der Waals surface area contributed by atoms with E-state index in [1.54, 1.807) is 24.3 Å². The third kappa shape index (κ3) is 5.75. The molecule has 0 atom stereocenters. The zero-order valence-electron chi connectivity index (χ0n) is 15.1. The summed E-state index contributed by atoms with van der Waals surface area (Å²) >= 11 is 6.05. The van der Waals surface area contributed by atoms with Gasteiger partial charge in [-0.1, -0.05) is 35.4 Å². The molecule has 140 valence electrons. The standard InChI is InChI=1S/C19H23ClN2O3S/c1-14-6-10-17(11-7-14)22(26(3,24)25)12-4-5-19(23)21-16-9-8-15(2)18(20)13-16/h6-11,13H,4-5,12H2,1-3H3,(H,21,23). The fourth-order valence-corrected chi connectivity index (χ4v) is 3.62. The van der Waals surface area contributed by atoms with Crippen molar-refractivity contribution in [2.45, 2.75) is 26.7 Å². The van der Waals surface area contributed by atoms with Crippen LogP contribution in [-0.4, -0.2) is 27.1 Å². The van der Waals surface area contributed by atoms with Crippen LogP contribution in [0.3, 0.4) is 0 Å². The SMILES string of the molecule is Cc1ccc(N(CCCC(=O)Nc2ccc(C)c(Cl)c2)S(C)(=O)=O)cc1. The predicted molar refractivity (Wildman–Crippen MR) is 107 cm³/mol. The van der Waals surface area contributed by atoms with Crippen molar-refractivity contribution in [3.63, 3.8) is 0 Å². The third-order valence-electron chi connectivity index (χ3n) is 3.94. The number of halogens is 1. The Morgan fingerprint density at radius 2 is 1.77 bits per heavy atom. The van der Waals surface area contributed by atoms with Gasteiger partial charge in [-0.25, -0.2) is 8.42 Å². The highest BCUT2D eigenvalue weighted by atomic mass is 35.5. The average Bonchev–Trinajstić information content (AvgIpc) is 2.55. The predicted octanol–water partition coefficient (Wildman–Crippen LogP) is 4.14. The summed E-state index contributed by atoms with van der Waals surface area (Å²) in [6.07, 6.45) is 1.79. The maximum atomic E-state index is 12.1. The highest BCUT2D eigenvalue weighted by Crippen LogP contribution is 2.21. The van der Waals surface area contributed by atoms with Gasteiger partial charge in [-0.05, 0) is 50.1 Å². The number of benzene rings is 2. The number of carbonyl (C=O) groups is 1. The lowest BCUT2D eigenvalue weighted by Gasteiger charge is -2.22. The smallest absolute Gasteiger partial charge is 0.232 e. The van der Waals surface area contributed by atoms with Crippen molar-refractivity contribution in [3.8, 4) is 0 Å². The Labute approximate surface area is 160 Å². The molecule has 5 nitrogen and oxygen atoms in total. The van der Waals surface area contributed by atoms with Crippen LogP contribution in [0.2, 0.25) is 5.02 Å². The number of hydrogen-bond donors (Lipinski definition) is 1. The first-order chi connectivity index (χ1) is 12.2. The van der Waals surface area contributed by atoms with Gasteiger partial charge in [-0.2, -0.15) is 0 Å². The Bertz CT molecular complexity index is 880. The Morgan fingerprint density at radius 3 is 2.35 bits per heavy atom. The van der Waals surface area contributed by atoms with Crippen LogP contribution < -0.4 is 9.62 Å². The molecule has 1 N–H and O–H groups in total. The van der Waals surface area contributed by atoms with Crippen LogP contribution in [0.1, 0.15) is 24.0 Å². The molecule has 7 heteroatoms. The fraction of sp³-hybridized carbons (Fsp3) is 0.316. The van der Waals surface area contributed by atoms with E-state index in [0.717, 1.165) is 11.1 Å². The maximum Gasteiger partial charge on any atom is 0.232 e. The molecule has 26 heavy (non-hydrogen) atoms. The zero-order valence-corrected chi connectivity index (χ0v) is 16.7. The van der Waals surface area contributed by atoms with Gasteiger partial charge >= 0.3 is 0 Å². The van der Waals surface area contributed by atoms with Crippen molar-refractivity contribution in [1.82, 2.24) is 0 Å². The summed E-state index contributed by atoms with van der Waals surface area (Å²) < 4.78 is 25.4. The Morgan fingerprint density at radius 1 is 1.12 bits per heavy atom. The molecule has 0 unspecified atom stereocenters. The van der Waals surface area contributed by atoms with Gasteiger partial charge in [0.2, 0.25) is 15.9 Å². The van der Waals surface area contributed by atoms with Crippen LogP contribution in [0, 0.1) is 13.8 Å². The van der Waals surface area contributed by atoms with E-state index in [1.165, 1.54) is 10.6 Å². The van der Waals surface area contributed by atoms with Gasteiger partial charge in [0.15, 0.2) is 0 Å². The molecule has 1 amide bonds. The highest BCUT2D eigenvalue weighted by molar-refractivity contribution is 7.92. The number of sulfonamides is 1. The maximum absolute atomic E-state index is 12.1. The summed E-state index contributed by atoms with van der Waals surface area (Å²) in [6, 6.07) is 12.6. The fourth-order valence-electron chi connectivity index (χ4n) is 2.47. The minimum atomic E-state index is -3.41. The Balaban J connectivity index is 1.95.